The van der Waals surface area contributed by atoms with Crippen molar-refractivity contribution >= 4 is 17.0 Å². The molecule has 1 aromatic heterocycles. The molecule has 3 aromatic rings. The molecule has 142 valence electrons. The number of hydrogen-bond donors (Lipinski definition) is 1. The zero-order valence-corrected chi connectivity index (χ0v) is 16.0. The third kappa shape index (κ3) is 2.99. The molecular formula is C20H23N3O4. The fourth-order valence-corrected chi connectivity index (χ4v) is 3.54. The van der Waals surface area contributed by atoms with Gasteiger partial charge < -0.3 is 28.8 Å². The van der Waals surface area contributed by atoms with Gasteiger partial charge in [-0.1, -0.05) is 0 Å². The third-order valence-corrected chi connectivity index (χ3v) is 4.99. The molecule has 0 radical (unpaired) electrons. The van der Waals surface area contributed by atoms with E-state index in [1.165, 1.54) is 11.1 Å². The van der Waals surface area contributed by atoms with Gasteiger partial charge in [0.2, 0.25) is 5.95 Å². The molecule has 7 nitrogen and oxygen atoms in total. The number of nitrogens with one attached hydrogen (secondary N) is 1. The molecule has 0 bridgehead atoms. The molecule has 0 aliphatic carbocycles. The van der Waals surface area contributed by atoms with E-state index in [9.17, 15) is 0 Å². The first-order valence-electron chi connectivity index (χ1n) is 8.77. The molecule has 0 fully saturated rings. The lowest BCUT2D eigenvalue weighted by Gasteiger charge is -2.29. The minimum atomic E-state index is 0.670. The average Bonchev–Trinajstić information content (AvgIpc) is 3.13. The normalized spacial score (nSPS) is 13.4. The number of nitrogens with zero attached hydrogens (tertiary/aromatic N) is 2. The summed E-state index contributed by atoms with van der Waals surface area (Å²) in [5.74, 6) is 3.70. The van der Waals surface area contributed by atoms with Gasteiger partial charge >= 0.3 is 0 Å². The largest absolute Gasteiger partial charge is 0.493 e. The monoisotopic (exact) mass is 369 g/mol. The molecule has 0 amide bonds. The van der Waals surface area contributed by atoms with Crippen molar-refractivity contribution in [2.45, 2.75) is 13.0 Å². The van der Waals surface area contributed by atoms with Crippen LogP contribution in [-0.2, 0) is 13.0 Å². The molecule has 2 aromatic carbocycles. The molecule has 27 heavy (non-hydrogen) atoms. The van der Waals surface area contributed by atoms with Gasteiger partial charge in [-0.05, 0) is 29.7 Å². The van der Waals surface area contributed by atoms with Crippen molar-refractivity contribution in [3.8, 4) is 23.0 Å². The lowest BCUT2D eigenvalue weighted by molar-refractivity contribution is 0.353. The number of rotatable bonds is 5. The van der Waals surface area contributed by atoms with E-state index >= 15 is 0 Å². The minimum absolute atomic E-state index is 0.670. The first kappa shape index (κ1) is 17.3. The van der Waals surface area contributed by atoms with E-state index in [1.807, 2.05) is 12.1 Å². The molecule has 4 rings (SSSR count). The summed E-state index contributed by atoms with van der Waals surface area (Å²) in [5, 5.41) is 0. The van der Waals surface area contributed by atoms with Crippen LogP contribution >= 0.6 is 0 Å². The van der Waals surface area contributed by atoms with Crippen molar-refractivity contribution in [3.05, 3.63) is 35.4 Å². The lowest BCUT2D eigenvalue weighted by Crippen LogP contribution is -2.31. The summed E-state index contributed by atoms with van der Waals surface area (Å²) in [6.07, 6.45) is 0.916. The highest BCUT2D eigenvalue weighted by Gasteiger charge is 2.22. The third-order valence-electron chi connectivity index (χ3n) is 4.99. The molecule has 0 unspecified atom stereocenters. The van der Waals surface area contributed by atoms with Gasteiger partial charge in [0.05, 0.1) is 39.5 Å². The fourth-order valence-electron chi connectivity index (χ4n) is 3.54. The molecule has 0 saturated carbocycles. The number of aromatic nitrogens is 2. The number of methoxy groups -OCH3 is 4. The van der Waals surface area contributed by atoms with Gasteiger partial charge in [0.1, 0.15) is 0 Å². The number of imidazole rings is 1. The Hall–Kier alpha value is -3.09. The Kier molecular flexibility index (Phi) is 4.43. The summed E-state index contributed by atoms with van der Waals surface area (Å²) in [4.78, 5) is 10.4. The first-order valence-corrected chi connectivity index (χ1v) is 8.77. The Morgan fingerprint density at radius 1 is 0.815 bits per heavy atom. The lowest BCUT2D eigenvalue weighted by atomic mass is 9.99. The summed E-state index contributed by atoms with van der Waals surface area (Å²) in [6, 6.07) is 7.92. The van der Waals surface area contributed by atoms with Crippen molar-refractivity contribution in [1.82, 2.24) is 9.97 Å². The second-order valence-electron chi connectivity index (χ2n) is 6.43. The predicted octanol–water partition coefficient (Wildman–Crippen LogP) is 3.16. The number of anilines is 1. The molecule has 1 aliphatic heterocycles. The summed E-state index contributed by atoms with van der Waals surface area (Å²) in [7, 11) is 6.58. The van der Waals surface area contributed by atoms with Gasteiger partial charge in [0.25, 0.3) is 0 Å². The highest BCUT2D eigenvalue weighted by Crippen LogP contribution is 2.35. The molecule has 7 heteroatoms. The van der Waals surface area contributed by atoms with Crippen LogP contribution in [0.25, 0.3) is 11.0 Å². The molecule has 0 spiro atoms. The number of benzene rings is 2. The quantitative estimate of drug-likeness (QED) is 0.745. The Bertz CT molecular complexity index is 942. The van der Waals surface area contributed by atoms with E-state index in [0.29, 0.717) is 11.5 Å². The van der Waals surface area contributed by atoms with E-state index in [2.05, 4.69) is 22.0 Å². The standard InChI is InChI=1S/C20H23N3O4/c1-24-16-7-12-5-6-23(11-13(12)8-17(16)25-2)20-21-14-9-18(26-3)19(27-4)10-15(14)22-20/h7-10H,5-6,11H2,1-4H3,(H,21,22). The van der Waals surface area contributed by atoms with E-state index in [0.717, 1.165) is 48.0 Å². The van der Waals surface area contributed by atoms with Crippen LogP contribution in [0.3, 0.4) is 0 Å². The molecule has 2 heterocycles. The van der Waals surface area contributed by atoms with Crippen LogP contribution in [0.1, 0.15) is 11.1 Å². The number of fused-ring (bicyclic) bond motifs is 2. The molecule has 0 atom stereocenters. The number of aromatic amines is 1. The van der Waals surface area contributed by atoms with E-state index < -0.39 is 0 Å². The van der Waals surface area contributed by atoms with Crippen molar-refractivity contribution in [2.24, 2.45) is 0 Å². The van der Waals surface area contributed by atoms with Gasteiger partial charge in [-0.25, -0.2) is 4.98 Å². The van der Waals surface area contributed by atoms with Gasteiger partial charge in [-0.15, -0.1) is 0 Å². The van der Waals surface area contributed by atoms with Gasteiger partial charge in [-0.2, -0.15) is 0 Å². The van der Waals surface area contributed by atoms with E-state index in [1.54, 1.807) is 28.4 Å². The van der Waals surface area contributed by atoms with Crippen LogP contribution in [0.2, 0.25) is 0 Å². The second kappa shape index (κ2) is 6.90. The van der Waals surface area contributed by atoms with Crippen LogP contribution in [0.4, 0.5) is 5.95 Å². The summed E-state index contributed by atoms with van der Waals surface area (Å²) in [5.41, 5.74) is 4.26. The van der Waals surface area contributed by atoms with Crippen LogP contribution in [-0.4, -0.2) is 45.0 Å². The fraction of sp³-hybridized carbons (Fsp3) is 0.350. The van der Waals surface area contributed by atoms with Gasteiger partial charge in [0.15, 0.2) is 23.0 Å². The average molecular weight is 369 g/mol. The van der Waals surface area contributed by atoms with Crippen molar-refractivity contribution in [1.29, 1.82) is 0 Å². The molecule has 0 saturated heterocycles. The van der Waals surface area contributed by atoms with Crippen LogP contribution < -0.4 is 23.8 Å². The number of hydrogen-bond acceptors (Lipinski definition) is 6. The maximum absolute atomic E-state index is 5.45. The second-order valence-corrected chi connectivity index (χ2v) is 6.43. The maximum atomic E-state index is 5.45. The minimum Gasteiger partial charge on any atom is -0.493 e. The zero-order chi connectivity index (χ0) is 19.0. The Morgan fingerprint density at radius 2 is 1.41 bits per heavy atom. The Balaban J connectivity index is 1.67. The van der Waals surface area contributed by atoms with Crippen LogP contribution in [0, 0.1) is 0 Å². The molecule has 1 aliphatic rings. The first-order chi connectivity index (χ1) is 13.2. The highest BCUT2D eigenvalue weighted by atomic mass is 16.5. The topological polar surface area (TPSA) is 68.8 Å². The van der Waals surface area contributed by atoms with E-state index in [-0.39, 0.29) is 0 Å². The summed E-state index contributed by atoms with van der Waals surface area (Å²) < 4.78 is 21.6. The number of ether oxygens (including phenoxy) is 4. The highest BCUT2D eigenvalue weighted by molar-refractivity contribution is 5.82. The van der Waals surface area contributed by atoms with Gasteiger partial charge in [-0.3, -0.25) is 0 Å². The van der Waals surface area contributed by atoms with E-state index in [4.69, 9.17) is 23.9 Å². The van der Waals surface area contributed by atoms with Crippen molar-refractivity contribution < 1.29 is 18.9 Å². The number of H-pyrrole nitrogens is 1. The zero-order valence-electron chi connectivity index (χ0n) is 16.0. The summed E-state index contributed by atoms with van der Waals surface area (Å²) in [6.45, 7) is 1.63. The van der Waals surface area contributed by atoms with Gasteiger partial charge in [0, 0.05) is 25.2 Å². The Labute approximate surface area is 157 Å². The Morgan fingerprint density at radius 3 is 2.07 bits per heavy atom. The molecule has 1 N–H and O–H groups in total. The predicted molar refractivity (Wildman–Crippen MR) is 103 cm³/mol. The smallest absolute Gasteiger partial charge is 0.204 e. The van der Waals surface area contributed by atoms with Crippen LogP contribution in [0.5, 0.6) is 23.0 Å². The van der Waals surface area contributed by atoms with Crippen molar-refractivity contribution in [2.75, 3.05) is 39.9 Å². The molecular weight excluding hydrogens is 346 g/mol. The SMILES string of the molecule is COc1cc2c(cc1OC)CN(c1nc3cc(OC)c(OC)cc3[nH]1)CC2. The summed E-state index contributed by atoms with van der Waals surface area (Å²) >= 11 is 0. The maximum Gasteiger partial charge on any atom is 0.204 e. The van der Waals surface area contributed by atoms with Crippen molar-refractivity contribution in [3.63, 3.8) is 0 Å². The van der Waals surface area contributed by atoms with Crippen LogP contribution in [0.15, 0.2) is 24.3 Å².